The van der Waals surface area contributed by atoms with Crippen LogP contribution in [-0.4, -0.2) is 41.4 Å². The Balaban J connectivity index is 2.12. The summed E-state index contributed by atoms with van der Waals surface area (Å²) < 4.78 is 0. The molecule has 100 valence electrons. The van der Waals surface area contributed by atoms with Gasteiger partial charge in [0.1, 0.15) is 0 Å². The first kappa shape index (κ1) is 13.4. The predicted molar refractivity (Wildman–Crippen MR) is 76.4 cm³/mol. The highest BCUT2D eigenvalue weighted by atomic mass is 32.2. The maximum Gasteiger partial charge on any atom is 0.252 e. The smallest absolute Gasteiger partial charge is 0.252 e. The number of nitrogens with zero attached hydrogens (tertiary/aromatic N) is 2. The molecule has 0 aliphatic carbocycles. The monoisotopic (exact) mass is 268 g/mol. The van der Waals surface area contributed by atoms with Crippen molar-refractivity contribution in [3.63, 3.8) is 0 Å². The van der Waals surface area contributed by atoms with Crippen LogP contribution < -0.4 is 15.8 Å². The van der Waals surface area contributed by atoms with Crippen molar-refractivity contribution in [3.05, 3.63) is 22.1 Å². The minimum absolute atomic E-state index is 0.0575. The summed E-state index contributed by atoms with van der Waals surface area (Å²) in [5.74, 6) is 1.50. The first-order chi connectivity index (χ1) is 8.65. The average Bonchev–Trinajstić information content (AvgIpc) is 2.37. The summed E-state index contributed by atoms with van der Waals surface area (Å²) in [6, 6.07) is 1.60. The van der Waals surface area contributed by atoms with Gasteiger partial charge in [-0.15, -0.1) is 0 Å². The Hall–Kier alpha value is -1.01. The summed E-state index contributed by atoms with van der Waals surface area (Å²) >= 11 is 1.80. The molecule has 2 rings (SSSR count). The van der Waals surface area contributed by atoms with E-state index < -0.39 is 0 Å². The van der Waals surface area contributed by atoms with Crippen LogP contribution >= 0.6 is 11.8 Å². The van der Waals surface area contributed by atoms with E-state index >= 15 is 0 Å². The quantitative estimate of drug-likeness (QED) is 0.846. The molecule has 1 saturated heterocycles. The van der Waals surface area contributed by atoms with Crippen molar-refractivity contribution in [2.24, 2.45) is 0 Å². The minimum Gasteiger partial charge on any atom is -0.340 e. The van der Waals surface area contributed by atoms with Gasteiger partial charge in [0, 0.05) is 38.0 Å². The Morgan fingerprint density at radius 2 is 2.17 bits per heavy atom. The highest BCUT2D eigenvalue weighted by Crippen LogP contribution is 2.16. The van der Waals surface area contributed by atoms with Crippen LogP contribution in [-0.2, 0) is 5.75 Å². The predicted octanol–water partition coefficient (Wildman–Crippen LogP) is 0.821. The minimum atomic E-state index is -0.0575. The Labute approximate surface area is 111 Å². The van der Waals surface area contributed by atoms with Crippen molar-refractivity contribution >= 4 is 17.7 Å². The number of nitrogens with one attached hydrogen (secondary N) is 2. The maximum atomic E-state index is 11.7. The van der Waals surface area contributed by atoms with E-state index in [0.717, 1.165) is 37.6 Å². The van der Waals surface area contributed by atoms with Crippen LogP contribution in [0.4, 0.5) is 5.95 Å². The van der Waals surface area contributed by atoms with E-state index in [0.29, 0.717) is 11.2 Å². The summed E-state index contributed by atoms with van der Waals surface area (Å²) in [5.41, 5.74) is 0.809. The van der Waals surface area contributed by atoms with Crippen LogP contribution in [0.2, 0.25) is 0 Å². The highest BCUT2D eigenvalue weighted by molar-refractivity contribution is 7.99. The molecule has 1 aliphatic heterocycles. The molecule has 5 nitrogen and oxygen atoms in total. The lowest BCUT2D eigenvalue weighted by Crippen LogP contribution is -2.44. The molecular formula is C12H20N4OS. The van der Waals surface area contributed by atoms with Gasteiger partial charge < -0.3 is 10.2 Å². The molecule has 2 N–H and O–H groups in total. The number of piperazine rings is 1. The lowest BCUT2D eigenvalue weighted by atomic mass is 10.4. The molecule has 1 fully saturated rings. The zero-order chi connectivity index (χ0) is 13.0. The fourth-order valence-corrected chi connectivity index (χ4v) is 2.50. The number of aromatic nitrogens is 2. The van der Waals surface area contributed by atoms with Gasteiger partial charge in [0.05, 0.1) is 5.69 Å². The Morgan fingerprint density at radius 1 is 1.44 bits per heavy atom. The SMILES string of the molecule is CC(C)SCc1cc(=O)[nH]c(N2CCNCC2)n1. The fourth-order valence-electron chi connectivity index (χ4n) is 1.85. The third-order valence-corrected chi connectivity index (χ3v) is 3.89. The molecule has 18 heavy (non-hydrogen) atoms. The van der Waals surface area contributed by atoms with Crippen molar-refractivity contribution in [3.8, 4) is 0 Å². The molecule has 0 saturated carbocycles. The molecule has 0 atom stereocenters. The number of rotatable bonds is 4. The van der Waals surface area contributed by atoms with E-state index in [-0.39, 0.29) is 5.56 Å². The van der Waals surface area contributed by atoms with Crippen LogP contribution in [0, 0.1) is 0 Å². The number of thioether (sulfide) groups is 1. The van der Waals surface area contributed by atoms with Crippen LogP contribution in [0.25, 0.3) is 0 Å². The number of anilines is 1. The van der Waals surface area contributed by atoms with Gasteiger partial charge in [-0.3, -0.25) is 9.78 Å². The molecule has 0 bridgehead atoms. The number of hydrogen-bond acceptors (Lipinski definition) is 5. The van der Waals surface area contributed by atoms with Gasteiger partial charge in [0.25, 0.3) is 5.56 Å². The molecule has 0 spiro atoms. The zero-order valence-corrected chi connectivity index (χ0v) is 11.7. The molecule has 6 heteroatoms. The molecule has 0 aromatic carbocycles. The van der Waals surface area contributed by atoms with Crippen molar-refractivity contribution in [2.45, 2.75) is 24.9 Å². The normalized spacial score (nSPS) is 16.3. The summed E-state index contributed by atoms with van der Waals surface area (Å²) in [7, 11) is 0. The van der Waals surface area contributed by atoms with Crippen molar-refractivity contribution in [1.82, 2.24) is 15.3 Å². The fraction of sp³-hybridized carbons (Fsp3) is 0.667. The van der Waals surface area contributed by atoms with Crippen LogP contribution in [0.3, 0.4) is 0 Å². The Kier molecular flexibility index (Phi) is 4.66. The first-order valence-corrected chi connectivity index (χ1v) is 7.37. The van der Waals surface area contributed by atoms with Crippen molar-refractivity contribution < 1.29 is 0 Å². The molecule has 0 amide bonds. The van der Waals surface area contributed by atoms with Gasteiger partial charge in [-0.05, 0) is 5.25 Å². The van der Waals surface area contributed by atoms with Crippen LogP contribution in [0.15, 0.2) is 10.9 Å². The van der Waals surface area contributed by atoms with Gasteiger partial charge in [0.15, 0.2) is 0 Å². The van der Waals surface area contributed by atoms with E-state index in [1.54, 1.807) is 17.8 Å². The summed E-state index contributed by atoms with van der Waals surface area (Å²) in [6.45, 7) is 7.96. The molecular weight excluding hydrogens is 248 g/mol. The van der Waals surface area contributed by atoms with E-state index in [1.807, 2.05) is 0 Å². The van der Waals surface area contributed by atoms with E-state index in [4.69, 9.17) is 0 Å². The standard InChI is InChI=1S/C12H20N4OS/c1-9(2)18-8-10-7-11(17)15-12(14-10)16-5-3-13-4-6-16/h7,9,13H,3-6,8H2,1-2H3,(H,14,15,17). The summed E-state index contributed by atoms with van der Waals surface area (Å²) in [5, 5.41) is 3.84. The number of H-pyrrole nitrogens is 1. The zero-order valence-electron chi connectivity index (χ0n) is 10.9. The van der Waals surface area contributed by atoms with Crippen molar-refractivity contribution in [1.29, 1.82) is 0 Å². The second kappa shape index (κ2) is 6.24. The topological polar surface area (TPSA) is 61.0 Å². The first-order valence-electron chi connectivity index (χ1n) is 6.32. The van der Waals surface area contributed by atoms with Gasteiger partial charge in [-0.2, -0.15) is 11.8 Å². The highest BCUT2D eigenvalue weighted by Gasteiger charge is 2.13. The van der Waals surface area contributed by atoms with E-state index in [9.17, 15) is 4.79 Å². The lowest BCUT2D eigenvalue weighted by molar-refractivity contribution is 0.578. The Bertz CT molecular complexity index is 440. The molecule has 1 aromatic rings. The van der Waals surface area contributed by atoms with Gasteiger partial charge in [-0.1, -0.05) is 13.8 Å². The van der Waals surface area contributed by atoms with Crippen LogP contribution in [0.5, 0.6) is 0 Å². The molecule has 1 aromatic heterocycles. The maximum absolute atomic E-state index is 11.7. The van der Waals surface area contributed by atoms with Gasteiger partial charge in [-0.25, -0.2) is 4.98 Å². The number of aromatic amines is 1. The van der Waals surface area contributed by atoms with Gasteiger partial charge >= 0.3 is 0 Å². The third-order valence-electron chi connectivity index (χ3n) is 2.76. The van der Waals surface area contributed by atoms with Gasteiger partial charge in [0.2, 0.25) is 5.95 Å². The largest absolute Gasteiger partial charge is 0.340 e. The molecule has 1 aliphatic rings. The van der Waals surface area contributed by atoms with Crippen LogP contribution in [0.1, 0.15) is 19.5 Å². The number of hydrogen-bond donors (Lipinski definition) is 2. The van der Waals surface area contributed by atoms with E-state index in [1.165, 1.54) is 0 Å². The Morgan fingerprint density at radius 3 is 2.83 bits per heavy atom. The third kappa shape index (κ3) is 3.74. The average molecular weight is 268 g/mol. The van der Waals surface area contributed by atoms with Crippen molar-refractivity contribution in [2.75, 3.05) is 31.1 Å². The molecule has 2 heterocycles. The van der Waals surface area contributed by atoms with E-state index in [2.05, 4.69) is 34.0 Å². The molecule has 0 unspecified atom stereocenters. The second-order valence-electron chi connectivity index (χ2n) is 4.66. The second-order valence-corrected chi connectivity index (χ2v) is 6.22. The summed E-state index contributed by atoms with van der Waals surface area (Å²) in [6.07, 6.45) is 0. The molecule has 0 radical (unpaired) electrons. The lowest BCUT2D eigenvalue weighted by Gasteiger charge is -2.27. The summed E-state index contributed by atoms with van der Waals surface area (Å²) in [4.78, 5) is 21.2.